The third-order valence-corrected chi connectivity index (χ3v) is 7.08. The average molecular weight is 508 g/mol. The number of hydrogen-bond donors (Lipinski definition) is 2. The van der Waals surface area contributed by atoms with Crippen molar-refractivity contribution in [2.45, 2.75) is 70.4 Å². The van der Waals surface area contributed by atoms with Crippen molar-refractivity contribution in [1.29, 1.82) is 0 Å². The molecule has 0 fully saturated rings. The molecule has 7 heteroatoms. The number of nitrogens with zero attached hydrogens (tertiary/aromatic N) is 3. The van der Waals surface area contributed by atoms with Gasteiger partial charge in [0.15, 0.2) is 0 Å². The molecule has 0 amide bonds. The Morgan fingerprint density at radius 2 is 1.30 bits per heavy atom. The van der Waals surface area contributed by atoms with Crippen molar-refractivity contribution in [3.63, 3.8) is 0 Å². The quantitative estimate of drug-likeness (QED) is 0.173. The summed E-state index contributed by atoms with van der Waals surface area (Å²) in [7, 11) is 8.27. The van der Waals surface area contributed by atoms with E-state index in [0.717, 1.165) is 45.1 Å². The predicted molar refractivity (Wildman–Crippen MR) is 152 cm³/mol. The fourth-order valence-electron chi connectivity index (χ4n) is 4.75. The third-order valence-electron chi connectivity index (χ3n) is 7.08. The third kappa shape index (κ3) is 7.89. The van der Waals surface area contributed by atoms with Crippen LogP contribution in [-0.2, 0) is 16.1 Å². The van der Waals surface area contributed by atoms with Gasteiger partial charge < -0.3 is 20.6 Å². The van der Waals surface area contributed by atoms with Crippen molar-refractivity contribution in [3.05, 3.63) is 42.5 Å². The summed E-state index contributed by atoms with van der Waals surface area (Å²) in [6.07, 6.45) is 6.99. The first-order chi connectivity index (χ1) is 17.7. The Kier molecular flexibility index (Phi) is 10.3. The van der Waals surface area contributed by atoms with Crippen molar-refractivity contribution >= 4 is 44.9 Å². The number of ketones is 1. The summed E-state index contributed by atoms with van der Waals surface area (Å²) in [5.74, 6) is -0.654. The minimum absolute atomic E-state index is 0.303. The Bertz CT molecular complexity index is 1160. The topological polar surface area (TPSA) is 90.8 Å². The van der Waals surface area contributed by atoms with Gasteiger partial charge in [-0.15, -0.1) is 0 Å². The Morgan fingerprint density at radius 3 is 1.78 bits per heavy atom. The minimum Gasteiger partial charge on any atom is -0.480 e. The number of hydrogen-bond acceptors (Lipinski definition) is 5. The first-order valence-corrected chi connectivity index (χ1v) is 13.4. The van der Waals surface area contributed by atoms with Gasteiger partial charge in [-0.2, -0.15) is 4.57 Å². The van der Waals surface area contributed by atoms with E-state index < -0.39 is 12.0 Å². The summed E-state index contributed by atoms with van der Waals surface area (Å²) in [4.78, 5) is 27.3. The molecule has 3 aromatic rings. The Labute approximate surface area is 220 Å². The number of aromatic nitrogens is 1. The van der Waals surface area contributed by atoms with Crippen LogP contribution in [0.3, 0.4) is 0 Å². The highest BCUT2D eigenvalue weighted by Gasteiger charge is 2.17. The number of aliphatic carboxylic acids is 1. The van der Waals surface area contributed by atoms with E-state index in [9.17, 15) is 9.59 Å². The number of nitrogens with two attached hydrogens (primary N) is 1. The van der Waals surface area contributed by atoms with Crippen LogP contribution in [0.15, 0.2) is 42.5 Å². The number of Topliss-reactive ketones (excluding diaryl/α,β-unsaturated/α-hetero) is 1. The molecule has 1 aromatic heterocycles. The van der Waals surface area contributed by atoms with Crippen molar-refractivity contribution in [2.24, 2.45) is 5.73 Å². The van der Waals surface area contributed by atoms with E-state index in [0.29, 0.717) is 25.0 Å². The van der Waals surface area contributed by atoms with Gasteiger partial charge in [-0.25, -0.2) is 0 Å². The molecular weight excluding hydrogens is 464 g/mol. The number of carbonyl (C=O) groups is 2. The molecule has 0 aliphatic carbocycles. The predicted octanol–water partition coefficient (Wildman–Crippen LogP) is 4.90. The zero-order valence-corrected chi connectivity index (χ0v) is 22.9. The van der Waals surface area contributed by atoms with Gasteiger partial charge in [0.2, 0.25) is 11.0 Å². The normalized spacial score (nSPS) is 12.1. The summed E-state index contributed by atoms with van der Waals surface area (Å²) in [6.45, 7) is 0.902. The number of pyridine rings is 1. The van der Waals surface area contributed by atoms with Gasteiger partial charge in [0.05, 0.1) is 0 Å². The second-order valence-electron chi connectivity index (χ2n) is 10.5. The Morgan fingerprint density at radius 1 is 0.784 bits per heavy atom. The van der Waals surface area contributed by atoms with Crippen molar-refractivity contribution in [2.75, 3.05) is 38.0 Å². The number of carbonyl (C=O) groups excluding carboxylic acids is 1. The first-order valence-electron chi connectivity index (χ1n) is 13.4. The SMILES string of the molecule is CN(C)c1ccc2cc3ccc(N(C)C)cc3[n+](CCCCCC(=O)CCCCCC(N)C(=O)O)c2c1. The monoisotopic (exact) mass is 507 g/mol. The Hall–Kier alpha value is -3.19. The molecule has 37 heavy (non-hydrogen) atoms. The number of anilines is 2. The standard InChI is InChI=1S/C30H42N4O3/c1-32(2)24-16-14-22-19-23-15-17-25(33(3)4)21-29(23)34(28(22)20-24)18-10-6-8-12-26(35)11-7-5-9-13-27(31)30(36)37/h14-17,19-21,27H,5-13,18,31H2,1-4H3/p+1. The molecule has 200 valence electrons. The van der Waals surface area contributed by atoms with Crippen LogP contribution in [0, 0.1) is 0 Å². The summed E-state index contributed by atoms with van der Waals surface area (Å²) >= 11 is 0. The fraction of sp³-hybridized carbons (Fsp3) is 0.500. The molecule has 0 spiro atoms. The van der Waals surface area contributed by atoms with E-state index >= 15 is 0 Å². The minimum atomic E-state index is -0.956. The number of carboxylic acid groups (broad SMARTS) is 1. The maximum atomic E-state index is 12.3. The summed E-state index contributed by atoms with van der Waals surface area (Å²) in [6, 6.07) is 14.7. The number of unbranched alkanes of at least 4 members (excludes halogenated alkanes) is 4. The molecule has 7 nitrogen and oxygen atoms in total. The largest absolute Gasteiger partial charge is 0.480 e. The maximum Gasteiger partial charge on any atom is 0.320 e. The lowest BCUT2D eigenvalue weighted by Gasteiger charge is -2.15. The first kappa shape index (κ1) is 28.4. The molecule has 0 saturated heterocycles. The lowest BCUT2D eigenvalue weighted by Crippen LogP contribution is -2.36. The van der Waals surface area contributed by atoms with Gasteiger partial charge in [-0.05, 0) is 56.0 Å². The van der Waals surface area contributed by atoms with Crippen molar-refractivity contribution in [1.82, 2.24) is 0 Å². The van der Waals surface area contributed by atoms with Crippen molar-refractivity contribution < 1.29 is 19.3 Å². The van der Waals surface area contributed by atoms with Crippen LogP contribution in [0.25, 0.3) is 21.8 Å². The summed E-state index contributed by atoms with van der Waals surface area (Å²) in [5.41, 5.74) is 10.3. The second kappa shape index (κ2) is 13.4. The number of carboxylic acids is 1. The van der Waals surface area contributed by atoms with E-state index in [2.05, 4.69) is 85.0 Å². The highest BCUT2D eigenvalue weighted by Crippen LogP contribution is 2.25. The average Bonchev–Trinajstić information content (AvgIpc) is 2.86. The van der Waals surface area contributed by atoms with Gasteiger partial charge in [0.1, 0.15) is 18.4 Å². The molecular formula is C30H43N4O3+. The molecule has 3 N–H and O–H groups in total. The van der Waals surface area contributed by atoms with Gasteiger partial charge in [0, 0.05) is 81.7 Å². The van der Waals surface area contributed by atoms with E-state index in [4.69, 9.17) is 10.8 Å². The van der Waals surface area contributed by atoms with E-state index in [1.54, 1.807) is 0 Å². The zero-order valence-electron chi connectivity index (χ0n) is 22.9. The zero-order chi connectivity index (χ0) is 26.9. The highest BCUT2D eigenvalue weighted by atomic mass is 16.4. The van der Waals surface area contributed by atoms with E-state index in [1.807, 2.05) is 0 Å². The highest BCUT2D eigenvalue weighted by molar-refractivity contribution is 5.91. The maximum absolute atomic E-state index is 12.3. The van der Waals surface area contributed by atoms with Crippen LogP contribution in [-0.4, -0.2) is 51.1 Å². The molecule has 1 heterocycles. The van der Waals surface area contributed by atoms with Crippen LogP contribution in [0.5, 0.6) is 0 Å². The number of fused-ring (bicyclic) bond motifs is 2. The van der Waals surface area contributed by atoms with E-state index in [-0.39, 0.29) is 0 Å². The van der Waals surface area contributed by atoms with Gasteiger partial charge in [-0.1, -0.05) is 12.8 Å². The van der Waals surface area contributed by atoms with Gasteiger partial charge >= 0.3 is 5.97 Å². The lowest BCUT2D eigenvalue weighted by molar-refractivity contribution is -0.645. The fourth-order valence-corrected chi connectivity index (χ4v) is 4.75. The lowest BCUT2D eigenvalue weighted by atomic mass is 10.0. The van der Waals surface area contributed by atoms with Gasteiger partial charge in [0.25, 0.3) is 0 Å². The summed E-state index contributed by atoms with van der Waals surface area (Å²) < 4.78 is 2.44. The number of benzene rings is 2. The summed E-state index contributed by atoms with van der Waals surface area (Å²) in [5, 5.41) is 11.3. The van der Waals surface area contributed by atoms with Crippen LogP contribution in [0.1, 0.15) is 57.8 Å². The number of rotatable bonds is 15. The van der Waals surface area contributed by atoms with Crippen molar-refractivity contribution in [3.8, 4) is 0 Å². The molecule has 0 aliphatic rings. The van der Waals surface area contributed by atoms with Crippen LogP contribution in [0.4, 0.5) is 11.4 Å². The molecule has 0 saturated carbocycles. The van der Waals surface area contributed by atoms with Crippen LogP contribution >= 0.6 is 0 Å². The molecule has 0 radical (unpaired) electrons. The molecule has 2 aromatic carbocycles. The Balaban J connectivity index is 1.60. The second-order valence-corrected chi connectivity index (χ2v) is 10.5. The smallest absolute Gasteiger partial charge is 0.320 e. The van der Waals surface area contributed by atoms with Crippen LogP contribution < -0.4 is 20.1 Å². The molecule has 0 bridgehead atoms. The van der Waals surface area contributed by atoms with Gasteiger partial charge in [-0.3, -0.25) is 9.59 Å². The van der Waals surface area contributed by atoms with E-state index in [1.165, 1.54) is 33.2 Å². The number of aryl methyl sites for hydroxylation is 1. The molecule has 1 unspecified atom stereocenters. The van der Waals surface area contributed by atoms with Crippen LogP contribution in [0.2, 0.25) is 0 Å². The molecule has 3 rings (SSSR count). The molecule has 1 atom stereocenters. The molecule has 0 aliphatic heterocycles.